The zero-order valence-electron chi connectivity index (χ0n) is 8.14. The van der Waals surface area contributed by atoms with Gasteiger partial charge in [0.05, 0.1) is 0 Å². The minimum absolute atomic E-state index is 0.0267. The van der Waals surface area contributed by atoms with E-state index in [0.717, 1.165) is 0 Å². The van der Waals surface area contributed by atoms with Crippen molar-refractivity contribution >= 4 is 16.2 Å². The van der Waals surface area contributed by atoms with Gasteiger partial charge in [-0.1, -0.05) is 0 Å². The molecule has 0 aromatic rings. The number of carboxylic acids is 1. The average molecular weight is 240 g/mol. The SMILES string of the molecule is NCCNS(=O)(=O)NCCC(N)C(=O)O. The molecular weight excluding hydrogens is 224 g/mol. The molecule has 0 rings (SSSR count). The lowest BCUT2D eigenvalue weighted by Gasteiger charge is -2.08. The van der Waals surface area contributed by atoms with Crippen LogP contribution in [0.3, 0.4) is 0 Å². The number of nitrogens with one attached hydrogen (secondary N) is 2. The number of nitrogens with two attached hydrogens (primary N) is 2. The van der Waals surface area contributed by atoms with Crippen LogP contribution in [-0.4, -0.2) is 45.2 Å². The Hall–Kier alpha value is -0.740. The van der Waals surface area contributed by atoms with E-state index in [4.69, 9.17) is 16.6 Å². The number of aliphatic carboxylic acids is 1. The largest absolute Gasteiger partial charge is 0.480 e. The van der Waals surface area contributed by atoms with Crippen molar-refractivity contribution in [3.05, 3.63) is 0 Å². The zero-order chi connectivity index (χ0) is 11.9. The predicted octanol–water partition coefficient (Wildman–Crippen LogP) is -2.83. The fourth-order valence-electron chi connectivity index (χ4n) is 0.717. The number of hydrogen-bond donors (Lipinski definition) is 5. The Balaban J connectivity index is 3.80. The Bertz CT molecular complexity index is 292. The van der Waals surface area contributed by atoms with Crippen molar-refractivity contribution < 1.29 is 18.3 Å². The Labute approximate surface area is 88.2 Å². The quantitative estimate of drug-likeness (QED) is 0.309. The minimum Gasteiger partial charge on any atom is -0.480 e. The van der Waals surface area contributed by atoms with E-state index in [9.17, 15) is 13.2 Å². The third-order valence-corrected chi connectivity index (χ3v) is 2.67. The second-order valence-electron chi connectivity index (χ2n) is 2.81. The second kappa shape index (κ2) is 6.69. The van der Waals surface area contributed by atoms with Gasteiger partial charge < -0.3 is 16.6 Å². The Morgan fingerprint density at radius 1 is 1.33 bits per heavy atom. The van der Waals surface area contributed by atoms with Crippen molar-refractivity contribution in [2.24, 2.45) is 11.5 Å². The van der Waals surface area contributed by atoms with E-state index < -0.39 is 22.2 Å². The molecule has 0 radical (unpaired) electrons. The first-order valence-electron chi connectivity index (χ1n) is 4.31. The highest BCUT2D eigenvalue weighted by molar-refractivity contribution is 7.87. The summed E-state index contributed by atoms with van der Waals surface area (Å²) < 4.78 is 26.5. The van der Waals surface area contributed by atoms with Crippen LogP contribution < -0.4 is 20.9 Å². The summed E-state index contributed by atoms with van der Waals surface area (Å²) >= 11 is 0. The molecule has 15 heavy (non-hydrogen) atoms. The topological polar surface area (TPSA) is 148 Å². The van der Waals surface area contributed by atoms with Crippen molar-refractivity contribution in [2.75, 3.05) is 19.6 Å². The normalized spacial score (nSPS) is 13.7. The van der Waals surface area contributed by atoms with Crippen LogP contribution in [0, 0.1) is 0 Å². The smallest absolute Gasteiger partial charge is 0.320 e. The van der Waals surface area contributed by atoms with Crippen LogP contribution in [0.2, 0.25) is 0 Å². The van der Waals surface area contributed by atoms with Crippen LogP contribution in [-0.2, 0) is 15.0 Å². The molecule has 1 unspecified atom stereocenters. The molecule has 0 amide bonds. The molecule has 8 nitrogen and oxygen atoms in total. The maximum absolute atomic E-state index is 11.1. The van der Waals surface area contributed by atoms with E-state index in [1.807, 2.05) is 0 Å². The van der Waals surface area contributed by atoms with Gasteiger partial charge in [-0.25, -0.2) is 9.44 Å². The molecule has 0 heterocycles. The maximum Gasteiger partial charge on any atom is 0.320 e. The molecule has 0 saturated heterocycles. The molecule has 0 spiro atoms. The summed E-state index contributed by atoms with van der Waals surface area (Å²) in [7, 11) is -3.59. The van der Waals surface area contributed by atoms with Crippen molar-refractivity contribution in [1.29, 1.82) is 0 Å². The summed E-state index contributed by atoms with van der Waals surface area (Å²) in [6.45, 7) is 0.281. The van der Waals surface area contributed by atoms with Gasteiger partial charge in [-0.15, -0.1) is 0 Å². The highest BCUT2D eigenvalue weighted by Crippen LogP contribution is 1.87. The van der Waals surface area contributed by atoms with Crippen LogP contribution in [0.25, 0.3) is 0 Å². The summed E-state index contributed by atoms with van der Waals surface area (Å²) in [5, 5.41) is 8.42. The van der Waals surface area contributed by atoms with Crippen molar-refractivity contribution in [3.63, 3.8) is 0 Å². The van der Waals surface area contributed by atoms with Gasteiger partial charge in [-0.3, -0.25) is 4.79 Å². The first kappa shape index (κ1) is 14.3. The van der Waals surface area contributed by atoms with Crippen LogP contribution in [0.1, 0.15) is 6.42 Å². The molecule has 0 saturated carbocycles. The van der Waals surface area contributed by atoms with Crippen LogP contribution >= 0.6 is 0 Å². The van der Waals surface area contributed by atoms with Gasteiger partial charge in [0.1, 0.15) is 6.04 Å². The van der Waals surface area contributed by atoms with Gasteiger partial charge >= 0.3 is 5.97 Å². The second-order valence-corrected chi connectivity index (χ2v) is 4.40. The van der Waals surface area contributed by atoms with E-state index in [1.165, 1.54) is 0 Å². The van der Waals surface area contributed by atoms with Crippen molar-refractivity contribution in [3.8, 4) is 0 Å². The lowest BCUT2D eigenvalue weighted by Crippen LogP contribution is -2.41. The van der Waals surface area contributed by atoms with E-state index in [1.54, 1.807) is 0 Å². The molecule has 0 aliphatic rings. The number of hydrogen-bond acceptors (Lipinski definition) is 5. The molecule has 0 aliphatic heterocycles. The molecule has 0 bridgehead atoms. The van der Waals surface area contributed by atoms with E-state index in [0.29, 0.717) is 0 Å². The molecular formula is C6H16N4O4S. The predicted molar refractivity (Wildman–Crippen MR) is 54.2 cm³/mol. The monoisotopic (exact) mass is 240 g/mol. The zero-order valence-corrected chi connectivity index (χ0v) is 8.96. The van der Waals surface area contributed by atoms with E-state index >= 15 is 0 Å². The van der Waals surface area contributed by atoms with Crippen LogP contribution in [0.15, 0.2) is 0 Å². The van der Waals surface area contributed by atoms with Gasteiger partial charge in [-0.2, -0.15) is 8.42 Å². The van der Waals surface area contributed by atoms with Gasteiger partial charge in [0.25, 0.3) is 10.2 Å². The standard InChI is InChI=1S/C6H16N4O4S/c7-2-4-10-15(13,14)9-3-1-5(8)6(11)12/h5,9-10H,1-4,7-8H2,(H,11,12). The summed E-state index contributed by atoms with van der Waals surface area (Å²) in [4.78, 5) is 10.3. The molecule has 7 N–H and O–H groups in total. The van der Waals surface area contributed by atoms with Crippen molar-refractivity contribution in [1.82, 2.24) is 9.44 Å². The minimum atomic E-state index is -3.59. The Morgan fingerprint density at radius 2 is 1.87 bits per heavy atom. The number of rotatable bonds is 8. The molecule has 9 heteroatoms. The molecule has 90 valence electrons. The van der Waals surface area contributed by atoms with Crippen LogP contribution in [0.5, 0.6) is 0 Å². The molecule has 0 fully saturated rings. The van der Waals surface area contributed by atoms with E-state index in [2.05, 4.69) is 9.44 Å². The van der Waals surface area contributed by atoms with Gasteiger partial charge in [0, 0.05) is 19.6 Å². The average Bonchev–Trinajstić information content (AvgIpc) is 2.14. The van der Waals surface area contributed by atoms with Crippen molar-refractivity contribution in [2.45, 2.75) is 12.5 Å². The lowest BCUT2D eigenvalue weighted by molar-refractivity contribution is -0.138. The molecule has 1 atom stereocenters. The number of carboxylic acid groups (broad SMARTS) is 1. The van der Waals surface area contributed by atoms with Gasteiger partial charge in [-0.05, 0) is 6.42 Å². The first-order valence-corrected chi connectivity index (χ1v) is 5.80. The van der Waals surface area contributed by atoms with Gasteiger partial charge in [0.15, 0.2) is 0 Å². The van der Waals surface area contributed by atoms with E-state index in [-0.39, 0.29) is 26.1 Å². The summed E-state index contributed by atoms with van der Waals surface area (Å²) in [6, 6.07) is -1.07. The molecule has 0 aromatic heterocycles. The Morgan fingerprint density at radius 3 is 2.33 bits per heavy atom. The summed E-state index contributed by atoms with van der Waals surface area (Å²) in [5.74, 6) is -1.16. The fraction of sp³-hybridized carbons (Fsp3) is 0.833. The first-order chi connectivity index (χ1) is 6.89. The van der Waals surface area contributed by atoms with Gasteiger partial charge in [0.2, 0.25) is 0 Å². The number of carbonyl (C=O) groups is 1. The van der Waals surface area contributed by atoms with Crippen LogP contribution in [0.4, 0.5) is 0 Å². The third-order valence-electron chi connectivity index (χ3n) is 1.50. The fourth-order valence-corrected chi connectivity index (χ4v) is 1.59. The molecule has 0 aliphatic carbocycles. The highest BCUT2D eigenvalue weighted by atomic mass is 32.2. The highest BCUT2D eigenvalue weighted by Gasteiger charge is 2.13. The lowest BCUT2D eigenvalue weighted by atomic mass is 10.2. The third kappa shape index (κ3) is 7.22. The Kier molecular flexibility index (Phi) is 6.36. The summed E-state index contributed by atoms with van der Waals surface area (Å²) in [5.41, 5.74) is 10.3. The maximum atomic E-state index is 11.1. The molecule has 0 aromatic carbocycles. The summed E-state index contributed by atoms with van der Waals surface area (Å²) in [6.07, 6.45) is 0.0267.